The average Bonchev–Trinajstić information content (AvgIpc) is 2.38. The minimum Gasteiger partial charge on any atom is -0.474 e. The van der Waals surface area contributed by atoms with E-state index in [9.17, 15) is 14.4 Å². The second-order valence-corrected chi connectivity index (χ2v) is 4.17. The topological polar surface area (TPSA) is 106 Å². The predicted molar refractivity (Wildman–Crippen MR) is 67.9 cm³/mol. The highest BCUT2D eigenvalue weighted by Gasteiger charge is 2.15. The number of thioether (sulfide) groups is 1. The Bertz CT molecular complexity index is 492. The predicted octanol–water partition coefficient (Wildman–Crippen LogP) is 0.760. The van der Waals surface area contributed by atoms with Gasteiger partial charge in [-0.3, -0.25) is 9.59 Å². The number of amides is 1. The normalized spacial score (nSPS) is 9.74. The van der Waals surface area contributed by atoms with E-state index in [1.807, 2.05) is 0 Å². The minimum absolute atomic E-state index is 0.0286. The van der Waals surface area contributed by atoms with E-state index in [-0.39, 0.29) is 18.0 Å². The zero-order valence-electron chi connectivity index (χ0n) is 10.1. The quantitative estimate of drug-likeness (QED) is 0.467. The fourth-order valence-corrected chi connectivity index (χ4v) is 1.85. The number of nitrogens with zero attached hydrogens (tertiary/aromatic N) is 1. The monoisotopic (exact) mass is 284 g/mol. The van der Waals surface area contributed by atoms with Crippen molar-refractivity contribution < 1.29 is 24.2 Å². The van der Waals surface area contributed by atoms with Crippen LogP contribution in [0, 0.1) is 0 Å². The first-order valence-corrected chi connectivity index (χ1v) is 6.30. The molecule has 0 radical (unpaired) electrons. The molecule has 2 N–H and O–H groups in total. The van der Waals surface area contributed by atoms with Gasteiger partial charge in [0, 0.05) is 6.20 Å². The Morgan fingerprint density at radius 1 is 1.47 bits per heavy atom. The number of carboxylic acids is 1. The number of ether oxygens (including phenoxy) is 1. The maximum atomic E-state index is 11.2. The van der Waals surface area contributed by atoms with Crippen LogP contribution in [0.2, 0.25) is 0 Å². The molecule has 0 bridgehead atoms. The van der Waals surface area contributed by atoms with Crippen LogP contribution in [0.25, 0.3) is 0 Å². The first-order chi connectivity index (χ1) is 9.04. The molecule has 1 heterocycles. The third kappa shape index (κ3) is 4.96. The fraction of sp³-hybridized carbons (Fsp3) is 0.273. The van der Waals surface area contributed by atoms with Crippen molar-refractivity contribution in [3.8, 4) is 0 Å². The van der Waals surface area contributed by atoms with Crippen LogP contribution >= 0.6 is 11.8 Å². The summed E-state index contributed by atoms with van der Waals surface area (Å²) in [5.41, 5.74) is 0.240. The number of esters is 1. The maximum Gasteiger partial charge on any atom is 0.394 e. The summed E-state index contributed by atoms with van der Waals surface area (Å²) in [6.45, 7) is 1.98. The van der Waals surface area contributed by atoms with Crippen LogP contribution in [0.5, 0.6) is 0 Å². The molecule has 1 amide bonds. The lowest BCUT2D eigenvalue weighted by atomic mass is 10.4. The van der Waals surface area contributed by atoms with Gasteiger partial charge >= 0.3 is 17.8 Å². The van der Waals surface area contributed by atoms with Gasteiger partial charge in [-0.1, -0.05) is 11.8 Å². The number of carbonyl (C=O) groups excluding carboxylic acids is 2. The van der Waals surface area contributed by atoms with Crippen LogP contribution in [0.3, 0.4) is 0 Å². The Balaban J connectivity index is 2.70. The number of pyridine rings is 1. The van der Waals surface area contributed by atoms with Crippen molar-refractivity contribution >= 4 is 35.3 Å². The molecule has 1 rings (SSSR count). The van der Waals surface area contributed by atoms with E-state index in [1.165, 1.54) is 12.3 Å². The SMILES string of the molecule is CCOC(=O)CSc1ncccc1NC(=O)C(=O)O. The Kier molecular flexibility index (Phi) is 5.80. The molecule has 8 heteroatoms. The molecular weight excluding hydrogens is 272 g/mol. The lowest BCUT2D eigenvalue weighted by Crippen LogP contribution is -2.22. The standard InChI is InChI=1S/C11H12N2O5S/c1-2-18-8(14)6-19-10-7(4-3-5-12-10)13-9(15)11(16)17/h3-5H,2,6H2,1H3,(H,13,15)(H,16,17). The fourth-order valence-electron chi connectivity index (χ4n) is 1.11. The van der Waals surface area contributed by atoms with Crippen LogP contribution < -0.4 is 5.32 Å². The van der Waals surface area contributed by atoms with Crippen molar-refractivity contribution in [3.05, 3.63) is 18.3 Å². The Morgan fingerprint density at radius 3 is 2.84 bits per heavy atom. The average molecular weight is 284 g/mol. The highest BCUT2D eigenvalue weighted by molar-refractivity contribution is 8.00. The molecule has 1 aromatic heterocycles. The molecule has 0 unspecified atom stereocenters. The number of aromatic nitrogens is 1. The van der Waals surface area contributed by atoms with Crippen molar-refractivity contribution in [2.24, 2.45) is 0 Å². The summed E-state index contributed by atoms with van der Waals surface area (Å²) in [6, 6.07) is 3.05. The van der Waals surface area contributed by atoms with Gasteiger partial charge in [0.2, 0.25) is 0 Å². The van der Waals surface area contributed by atoms with E-state index >= 15 is 0 Å². The van der Waals surface area contributed by atoms with E-state index in [4.69, 9.17) is 9.84 Å². The van der Waals surface area contributed by atoms with E-state index in [0.29, 0.717) is 5.03 Å². The van der Waals surface area contributed by atoms with Gasteiger partial charge in [0.1, 0.15) is 5.03 Å². The largest absolute Gasteiger partial charge is 0.474 e. The van der Waals surface area contributed by atoms with Gasteiger partial charge in [-0.25, -0.2) is 9.78 Å². The molecule has 19 heavy (non-hydrogen) atoms. The second-order valence-electron chi connectivity index (χ2n) is 3.21. The van der Waals surface area contributed by atoms with Gasteiger partial charge in [0.15, 0.2) is 0 Å². The lowest BCUT2D eigenvalue weighted by Gasteiger charge is -2.07. The third-order valence-electron chi connectivity index (χ3n) is 1.85. The minimum atomic E-state index is -1.59. The van der Waals surface area contributed by atoms with Crippen molar-refractivity contribution in [2.45, 2.75) is 11.9 Å². The molecule has 102 valence electrons. The Labute approximate surface area is 113 Å². The molecular formula is C11H12N2O5S. The molecule has 7 nitrogen and oxygen atoms in total. The van der Waals surface area contributed by atoms with E-state index in [0.717, 1.165) is 11.8 Å². The van der Waals surface area contributed by atoms with Crippen LogP contribution in [-0.4, -0.2) is 40.3 Å². The Hall–Kier alpha value is -2.09. The first kappa shape index (κ1) is 15.0. The number of carboxylic acid groups (broad SMARTS) is 1. The van der Waals surface area contributed by atoms with Gasteiger partial charge in [0.25, 0.3) is 0 Å². The summed E-state index contributed by atoms with van der Waals surface area (Å²) in [6.07, 6.45) is 1.48. The van der Waals surface area contributed by atoms with Crippen molar-refractivity contribution in [3.63, 3.8) is 0 Å². The van der Waals surface area contributed by atoms with Gasteiger partial charge < -0.3 is 15.2 Å². The van der Waals surface area contributed by atoms with Gasteiger partial charge in [0.05, 0.1) is 18.0 Å². The highest BCUT2D eigenvalue weighted by atomic mass is 32.2. The summed E-state index contributed by atoms with van der Waals surface area (Å²) in [5, 5.41) is 11.1. The van der Waals surface area contributed by atoms with Gasteiger partial charge in [-0.2, -0.15) is 0 Å². The van der Waals surface area contributed by atoms with Crippen molar-refractivity contribution in [1.29, 1.82) is 0 Å². The third-order valence-corrected chi connectivity index (χ3v) is 2.82. The highest BCUT2D eigenvalue weighted by Crippen LogP contribution is 2.24. The molecule has 0 aliphatic heterocycles. The molecule has 0 saturated heterocycles. The molecule has 0 saturated carbocycles. The molecule has 0 spiro atoms. The van der Waals surface area contributed by atoms with Crippen LogP contribution in [0.1, 0.15) is 6.92 Å². The molecule has 0 aliphatic carbocycles. The van der Waals surface area contributed by atoms with Crippen molar-refractivity contribution in [2.75, 3.05) is 17.7 Å². The number of aliphatic carboxylic acids is 1. The molecule has 1 aromatic rings. The zero-order chi connectivity index (χ0) is 14.3. The van der Waals surface area contributed by atoms with Crippen molar-refractivity contribution in [1.82, 2.24) is 4.98 Å². The zero-order valence-corrected chi connectivity index (χ0v) is 10.9. The summed E-state index contributed by atoms with van der Waals surface area (Å²) in [7, 11) is 0. The van der Waals surface area contributed by atoms with E-state index in [2.05, 4.69) is 10.3 Å². The van der Waals surface area contributed by atoms with Crippen LogP contribution in [0.4, 0.5) is 5.69 Å². The lowest BCUT2D eigenvalue weighted by molar-refractivity contribution is -0.147. The van der Waals surface area contributed by atoms with Crippen LogP contribution in [0.15, 0.2) is 23.4 Å². The number of carbonyl (C=O) groups is 3. The second kappa shape index (κ2) is 7.37. The maximum absolute atomic E-state index is 11.2. The summed E-state index contributed by atoms with van der Waals surface area (Å²) >= 11 is 1.06. The number of nitrogens with one attached hydrogen (secondary N) is 1. The number of anilines is 1. The first-order valence-electron chi connectivity index (χ1n) is 5.32. The molecule has 0 aliphatic rings. The Morgan fingerprint density at radius 2 is 2.21 bits per heavy atom. The molecule has 0 aromatic carbocycles. The molecule has 0 fully saturated rings. The van der Waals surface area contributed by atoms with Gasteiger partial charge in [-0.15, -0.1) is 0 Å². The summed E-state index contributed by atoms with van der Waals surface area (Å²) in [4.78, 5) is 36.7. The summed E-state index contributed by atoms with van der Waals surface area (Å²) in [5.74, 6) is -3.13. The van der Waals surface area contributed by atoms with Gasteiger partial charge in [-0.05, 0) is 19.1 Å². The molecule has 0 atom stereocenters. The summed E-state index contributed by atoms with van der Waals surface area (Å²) < 4.78 is 4.75. The van der Waals surface area contributed by atoms with E-state index in [1.54, 1.807) is 13.0 Å². The smallest absolute Gasteiger partial charge is 0.394 e. The number of hydrogen-bond donors (Lipinski definition) is 2. The van der Waals surface area contributed by atoms with Crippen LogP contribution in [-0.2, 0) is 19.1 Å². The number of rotatable bonds is 5. The van der Waals surface area contributed by atoms with E-state index < -0.39 is 17.8 Å². The number of hydrogen-bond acceptors (Lipinski definition) is 6.